The normalized spacial score (nSPS) is 10.6. The van der Waals surface area contributed by atoms with E-state index in [-0.39, 0.29) is 18.8 Å². The predicted molar refractivity (Wildman–Crippen MR) is 60.2 cm³/mol. The molecule has 2 aromatic rings. The van der Waals surface area contributed by atoms with Crippen LogP contribution in [0.1, 0.15) is 12.0 Å². The van der Waals surface area contributed by atoms with Crippen molar-refractivity contribution < 1.29 is 14.3 Å². The highest BCUT2D eigenvalue weighted by atomic mass is 19.1. The van der Waals surface area contributed by atoms with E-state index < -0.39 is 5.97 Å². The van der Waals surface area contributed by atoms with Crippen LogP contribution in [0.4, 0.5) is 4.39 Å². The molecule has 1 N–H and O–H groups in total. The average Bonchev–Trinajstić information content (AvgIpc) is 2.77. The zero-order valence-electron chi connectivity index (χ0n) is 9.67. The van der Waals surface area contributed by atoms with Gasteiger partial charge in [-0.25, -0.2) is 9.07 Å². The molecule has 2 rings (SSSR count). The second-order valence-corrected chi connectivity index (χ2v) is 3.83. The molecule has 94 valence electrons. The number of halogens is 1. The summed E-state index contributed by atoms with van der Waals surface area (Å²) in [5.74, 6) is -0.955. The minimum atomic E-state index is -0.938. The van der Waals surface area contributed by atoms with E-state index in [1.807, 2.05) is 6.92 Å². The molecular formula is C11H11FN4O2. The zero-order valence-corrected chi connectivity index (χ0v) is 9.67. The molecule has 1 aromatic carbocycles. The molecule has 0 bridgehead atoms. The van der Waals surface area contributed by atoms with Gasteiger partial charge in [-0.15, -0.1) is 5.10 Å². The summed E-state index contributed by atoms with van der Waals surface area (Å²) in [4.78, 5) is 10.5. The van der Waals surface area contributed by atoms with Crippen molar-refractivity contribution >= 4 is 5.97 Å². The fourth-order valence-corrected chi connectivity index (χ4v) is 1.58. The summed E-state index contributed by atoms with van der Waals surface area (Å²) in [5, 5.41) is 19.6. The van der Waals surface area contributed by atoms with E-state index in [0.29, 0.717) is 11.4 Å². The van der Waals surface area contributed by atoms with Crippen LogP contribution in [0.2, 0.25) is 0 Å². The van der Waals surface area contributed by atoms with Crippen LogP contribution in [0, 0.1) is 12.7 Å². The molecule has 0 aliphatic heterocycles. The molecule has 1 heterocycles. The topological polar surface area (TPSA) is 80.9 Å². The molecule has 0 saturated carbocycles. The molecule has 0 unspecified atom stereocenters. The molecule has 0 atom stereocenters. The van der Waals surface area contributed by atoms with Gasteiger partial charge in [0.25, 0.3) is 0 Å². The highest BCUT2D eigenvalue weighted by Gasteiger charge is 2.13. The molecule has 0 radical (unpaired) electrons. The summed E-state index contributed by atoms with van der Waals surface area (Å²) in [6.45, 7) is 1.96. The Morgan fingerprint density at radius 3 is 3.00 bits per heavy atom. The first-order valence-electron chi connectivity index (χ1n) is 5.32. The fraction of sp³-hybridized carbons (Fsp3) is 0.273. The largest absolute Gasteiger partial charge is 0.481 e. The van der Waals surface area contributed by atoms with Crippen LogP contribution >= 0.6 is 0 Å². The van der Waals surface area contributed by atoms with Crippen molar-refractivity contribution in [2.24, 2.45) is 0 Å². The third-order valence-electron chi connectivity index (χ3n) is 2.51. The maximum Gasteiger partial charge on any atom is 0.305 e. The fourth-order valence-electron chi connectivity index (χ4n) is 1.58. The third kappa shape index (κ3) is 2.50. The van der Waals surface area contributed by atoms with Crippen LogP contribution in [-0.2, 0) is 11.3 Å². The number of aromatic nitrogens is 4. The Balaban J connectivity index is 2.36. The van der Waals surface area contributed by atoms with E-state index in [1.165, 1.54) is 16.8 Å². The highest BCUT2D eigenvalue weighted by Crippen LogP contribution is 2.21. The van der Waals surface area contributed by atoms with Crippen LogP contribution in [0.5, 0.6) is 0 Å². The van der Waals surface area contributed by atoms with Crippen molar-refractivity contribution in [3.8, 4) is 11.4 Å². The lowest BCUT2D eigenvalue weighted by Crippen LogP contribution is -2.08. The lowest BCUT2D eigenvalue weighted by atomic mass is 10.1. The average molecular weight is 250 g/mol. The number of carbonyl (C=O) groups is 1. The van der Waals surface area contributed by atoms with Gasteiger partial charge in [-0.3, -0.25) is 4.79 Å². The van der Waals surface area contributed by atoms with Crippen LogP contribution in [-0.4, -0.2) is 31.3 Å². The Hall–Kier alpha value is -2.31. The molecule has 0 fully saturated rings. The van der Waals surface area contributed by atoms with Gasteiger partial charge in [0.05, 0.1) is 13.0 Å². The number of aliphatic carboxylic acids is 1. The summed E-state index contributed by atoms with van der Waals surface area (Å²) in [6, 6.07) is 4.31. The molecule has 0 aliphatic rings. The minimum Gasteiger partial charge on any atom is -0.481 e. The Bertz CT molecular complexity index is 582. The van der Waals surface area contributed by atoms with Gasteiger partial charge in [0.15, 0.2) is 5.82 Å². The van der Waals surface area contributed by atoms with E-state index in [4.69, 9.17) is 5.11 Å². The van der Waals surface area contributed by atoms with Crippen molar-refractivity contribution in [2.75, 3.05) is 0 Å². The third-order valence-corrected chi connectivity index (χ3v) is 2.51. The van der Waals surface area contributed by atoms with Gasteiger partial charge < -0.3 is 5.11 Å². The first-order chi connectivity index (χ1) is 8.58. The summed E-state index contributed by atoms with van der Waals surface area (Å²) in [7, 11) is 0. The summed E-state index contributed by atoms with van der Waals surface area (Å²) in [5.41, 5.74) is 1.38. The second-order valence-electron chi connectivity index (χ2n) is 3.83. The molecule has 7 heteroatoms. The number of tetrazole rings is 1. The number of hydrogen-bond donors (Lipinski definition) is 1. The smallest absolute Gasteiger partial charge is 0.305 e. The second kappa shape index (κ2) is 4.91. The molecule has 0 spiro atoms. The summed E-state index contributed by atoms with van der Waals surface area (Å²) in [6.07, 6.45) is -0.0909. The molecule has 0 aliphatic carbocycles. The van der Waals surface area contributed by atoms with Gasteiger partial charge in [-0.2, -0.15) is 0 Å². The molecule has 18 heavy (non-hydrogen) atoms. The van der Waals surface area contributed by atoms with Gasteiger partial charge in [-0.1, -0.05) is 6.07 Å². The Labute approximate surface area is 102 Å². The summed E-state index contributed by atoms with van der Waals surface area (Å²) >= 11 is 0. The van der Waals surface area contributed by atoms with Crippen LogP contribution in [0.3, 0.4) is 0 Å². The number of rotatable bonds is 4. The molecule has 6 nitrogen and oxygen atoms in total. The van der Waals surface area contributed by atoms with E-state index in [1.54, 1.807) is 6.07 Å². The number of carboxylic acids is 1. The van der Waals surface area contributed by atoms with Crippen LogP contribution < -0.4 is 0 Å². The van der Waals surface area contributed by atoms with Gasteiger partial charge in [-0.05, 0) is 35.0 Å². The SMILES string of the molecule is Cc1ccc(F)cc1-c1nnnn1CCC(=O)O. The number of benzene rings is 1. The van der Waals surface area contributed by atoms with Crippen molar-refractivity contribution in [3.05, 3.63) is 29.6 Å². The molecule has 0 saturated heterocycles. The Morgan fingerprint density at radius 1 is 1.50 bits per heavy atom. The first kappa shape index (κ1) is 12.2. The number of nitrogens with zero attached hydrogens (tertiary/aromatic N) is 4. The van der Waals surface area contributed by atoms with Crippen molar-refractivity contribution in [2.45, 2.75) is 19.9 Å². The Kier molecular flexibility index (Phi) is 3.31. The standard InChI is InChI=1S/C11H11FN4O2/c1-7-2-3-8(12)6-9(7)11-13-14-15-16(11)5-4-10(17)18/h2-3,6H,4-5H2,1H3,(H,17,18). The van der Waals surface area contributed by atoms with E-state index in [2.05, 4.69) is 15.5 Å². The zero-order chi connectivity index (χ0) is 13.1. The molecule has 0 amide bonds. The molecular weight excluding hydrogens is 239 g/mol. The molecule has 1 aromatic heterocycles. The number of carboxylic acid groups (broad SMARTS) is 1. The number of aryl methyl sites for hydroxylation is 2. The Morgan fingerprint density at radius 2 is 2.28 bits per heavy atom. The van der Waals surface area contributed by atoms with Crippen molar-refractivity contribution in [3.63, 3.8) is 0 Å². The first-order valence-corrected chi connectivity index (χ1v) is 5.32. The van der Waals surface area contributed by atoms with E-state index >= 15 is 0 Å². The monoisotopic (exact) mass is 250 g/mol. The number of hydrogen-bond acceptors (Lipinski definition) is 4. The van der Waals surface area contributed by atoms with Gasteiger partial charge in [0, 0.05) is 5.56 Å². The minimum absolute atomic E-state index is 0.0909. The van der Waals surface area contributed by atoms with Crippen LogP contribution in [0.25, 0.3) is 11.4 Å². The van der Waals surface area contributed by atoms with Gasteiger partial charge in [0.2, 0.25) is 0 Å². The van der Waals surface area contributed by atoms with Crippen molar-refractivity contribution in [1.82, 2.24) is 20.2 Å². The van der Waals surface area contributed by atoms with E-state index in [0.717, 1.165) is 5.56 Å². The van der Waals surface area contributed by atoms with Gasteiger partial charge in [0.1, 0.15) is 5.82 Å². The van der Waals surface area contributed by atoms with E-state index in [9.17, 15) is 9.18 Å². The maximum atomic E-state index is 13.2. The quantitative estimate of drug-likeness (QED) is 0.883. The van der Waals surface area contributed by atoms with Crippen molar-refractivity contribution in [1.29, 1.82) is 0 Å². The summed E-state index contributed by atoms with van der Waals surface area (Å²) < 4.78 is 14.6. The lowest BCUT2D eigenvalue weighted by molar-refractivity contribution is -0.137. The lowest BCUT2D eigenvalue weighted by Gasteiger charge is -2.06. The highest BCUT2D eigenvalue weighted by molar-refractivity contribution is 5.66. The van der Waals surface area contributed by atoms with Gasteiger partial charge >= 0.3 is 5.97 Å². The maximum absolute atomic E-state index is 13.2. The predicted octanol–water partition coefficient (Wildman–Crippen LogP) is 1.26. The van der Waals surface area contributed by atoms with Crippen LogP contribution in [0.15, 0.2) is 18.2 Å².